The summed E-state index contributed by atoms with van der Waals surface area (Å²) < 4.78 is 5.49. The van der Waals surface area contributed by atoms with Crippen molar-refractivity contribution in [2.24, 2.45) is 0 Å². The molecule has 0 amide bonds. The van der Waals surface area contributed by atoms with Gasteiger partial charge < -0.3 is 10.1 Å². The summed E-state index contributed by atoms with van der Waals surface area (Å²) in [4.78, 5) is 4.49. The lowest BCUT2D eigenvalue weighted by atomic mass is 10.4. The molecule has 1 aromatic heterocycles. The second-order valence-corrected chi connectivity index (χ2v) is 5.07. The molecule has 0 aliphatic carbocycles. The van der Waals surface area contributed by atoms with Gasteiger partial charge in [-0.15, -0.1) is 11.3 Å². The maximum Gasteiger partial charge on any atom is 0.107 e. The fourth-order valence-electron chi connectivity index (χ4n) is 1.04. The van der Waals surface area contributed by atoms with Crippen molar-refractivity contribution in [3.8, 4) is 0 Å². The number of nitrogens with zero attached hydrogens (tertiary/aromatic N) is 1. The fourth-order valence-corrected chi connectivity index (χ4v) is 1.77. The second-order valence-electron chi connectivity index (χ2n) is 4.13. The van der Waals surface area contributed by atoms with Gasteiger partial charge in [-0.2, -0.15) is 0 Å². The van der Waals surface area contributed by atoms with Crippen LogP contribution >= 0.6 is 11.3 Å². The molecule has 0 fully saturated rings. The molecule has 0 aliphatic heterocycles. The molecule has 1 N–H and O–H groups in total. The summed E-state index contributed by atoms with van der Waals surface area (Å²) in [6.45, 7) is 9.81. The standard InChI is InChI=1S/C11H20N2OS/c1-8(2)12-5-11-13-10(7-15-11)6-14-9(3)4/h7-9,12H,5-6H2,1-4H3. The smallest absolute Gasteiger partial charge is 0.107 e. The van der Waals surface area contributed by atoms with Gasteiger partial charge in [-0.1, -0.05) is 13.8 Å². The molecule has 0 spiro atoms. The van der Waals surface area contributed by atoms with Crippen LogP contribution in [0.15, 0.2) is 5.38 Å². The van der Waals surface area contributed by atoms with E-state index in [-0.39, 0.29) is 6.10 Å². The summed E-state index contributed by atoms with van der Waals surface area (Å²) in [6.07, 6.45) is 0.268. The van der Waals surface area contributed by atoms with Crippen molar-refractivity contribution in [3.63, 3.8) is 0 Å². The van der Waals surface area contributed by atoms with E-state index in [4.69, 9.17) is 4.74 Å². The molecule has 0 aliphatic rings. The lowest BCUT2D eigenvalue weighted by Crippen LogP contribution is -2.21. The molecule has 15 heavy (non-hydrogen) atoms. The first-order valence-electron chi connectivity index (χ1n) is 5.36. The molecular weight excluding hydrogens is 208 g/mol. The summed E-state index contributed by atoms with van der Waals surface area (Å²) in [5, 5.41) is 6.55. The predicted octanol–water partition coefficient (Wildman–Crippen LogP) is 2.57. The normalized spacial score (nSPS) is 11.6. The van der Waals surface area contributed by atoms with Crippen molar-refractivity contribution < 1.29 is 4.74 Å². The van der Waals surface area contributed by atoms with E-state index < -0.39 is 0 Å². The highest BCUT2D eigenvalue weighted by atomic mass is 32.1. The molecule has 0 unspecified atom stereocenters. The van der Waals surface area contributed by atoms with Gasteiger partial charge >= 0.3 is 0 Å². The van der Waals surface area contributed by atoms with Gasteiger partial charge in [0.15, 0.2) is 0 Å². The Morgan fingerprint density at radius 3 is 2.73 bits per heavy atom. The number of ether oxygens (including phenoxy) is 1. The van der Waals surface area contributed by atoms with E-state index in [1.807, 2.05) is 13.8 Å². The van der Waals surface area contributed by atoms with E-state index in [1.54, 1.807) is 11.3 Å². The maximum absolute atomic E-state index is 5.49. The Morgan fingerprint density at radius 2 is 2.13 bits per heavy atom. The number of nitrogens with one attached hydrogen (secondary N) is 1. The third-order valence-electron chi connectivity index (χ3n) is 1.83. The highest BCUT2D eigenvalue weighted by Crippen LogP contribution is 2.11. The van der Waals surface area contributed by atoms with E-state index in [1.165, 1.54) is 0 Å². The zero-order valence-corrected chi connectivity index (χ0v) is 10.7. The van der Waals surface area contributed by atoms with Crippen LogP contribution in [0.1, 0.15) is 38.4 Å². The van der Waals surface area contributed by atoms with Gasteiger partial charge in [-0.05, 0) is 13.8 Å². The van der Waals surface area contributed by atoms with Crippen LogP contribution in [0.5, 0.6) is 0 Å². The van der Waals surface area contributed by atoms with Crippen LogP contribution in [0.3, 0.4) is 0 Å². The van der Waals surface area contributed by atoms with Crippen molar-refractivity contribution in [1.29, 1.82) is 0 Å². The highest BCUT2D eigenvalue weighted by Gasteiger charge is 2.03. The second kappa shape index (κ2) is 6.20. The first-order valence-corrected chi connectivity index (χ1v) is 6.24. The van der Waals surface area contributed by atoms with Crippen molar-refractivity contribution in [2.75, 3.05) is 0 Å². The number of thiazole rings is 1. The van der Waals surface area contributed by atoms with Gasteiger partial charge in [-0.3, -0.25) is 0 Å². The van der Waals surface area contributed by atoms with Crippen LogP contribution in [-0.4, -0.2) is 17.1 Å². The van der Waals surface area contributed by atoms with E-state index >= 15 is 0 Å². The molecule has 0 aromatic carbocycles. The number of hydrogen-bond donors (Lipinski definition) is 1. The molecule has 4 heteroatoms. The molecule has 1 heterocycles. The summed E-state index contributed by atoms with van der Waals surface area (Å²) in [5.74, 6) is 0. The van der Waals surface area contributed by atoms with Crippen LogP contribution in [0.2, 0.25) is 0 Å². The molecule has 0 atom stereocenters. The largest absolute Gasteiger partial charge is 0.372 e. The lowest BCUT2D eigenvalue weighted by Gasteiger charge is -2.05. The highest BCUT2D eigenvalue weighted by molar-refractivity contribution is 7.09. The monoisotopic (exact) mass is 228 g/mol. The Balaban J connectivity index is 2.35. The summed E-state index contributed by atoms with van der Waals surface area (Å²) >= 11 is 1.69. The van der Waals surface area contributed by atoms with E-state index in [9.17, 15) is 0 Å². The van der Waals surface area contributed by atoms with Gasteiger partial charge in [-0.25, -0.2) is 4.98 Å². The number of rotatable bonds is 6. The topological polar surface area (TPSA) is 34.2 Å². The van der Waals surface area contributed by atoms with Crippen LogP contribution in [0, 0.1) is 0 Å². The first-order chi connectivity index (χ1) is 7.08. The molecular formula is C11H20N2OS. The quantitative estimate of drug-likeness (QED) is 0.812. The van der Waals surface area contributed by atoms with Crippen LogP contribution in [0.25, 0.3) is 0 Å². The van der Waals surface area contributed by atoms with Gasteiger partial charge in [0.05, 0.1) is 18.4 Å². The zero-order chi connectivity index (χ0) is 11.3. The zero-order valence-electron chi connectivity index (χ0n) is 9.91. The van der Waals surface area contributed by atoms with Crippen molar-refractivity contribution in [3.05, 3.63) is 16.1 Å². The van der Waals surface area contributed by atoms with Gasteiger partial charge in [0.2, 0.25) is 0 Å². The third kappa shape index (κ3) is 5.25. The number of hydrogen-bond acceptors (Lipinski definition) is 4. The minimum absolute atomic E-state index is 0.268. The minimum Gasteiger partial charge on any atom is -0.372 e. The first kappa shape index (κ1) is 12.6. The molecule has 86 valence electrons. The van der Waals surface area contributed by atoms with Crippen LogP contribution in [0.4, 0.5) is 0 Å². The molecule has 0 radical (unpaired) electrons. The Labute approximate surface area is 95.9 Å². The minimum atomic E-state index is 0.268. The van der Waals surface area contributed by atoms with E-state index in [0.29, 0.717) is 12.6 Å². The van der Waals surface area contributed by atoms with Crippen LogP contribution in [-0.2, 0) is 17.9 Å². The average molecular weight is 228 g/mol. The molecule has 0 bridgehead atoms. The lowest BCUT2D eigenvalue weighted by molar-refractivity contribution is 0.0638. The summed E-state index contributed by atoms with van der Waals surface area (Å²) in [6, 6.07) is 0.504. The van der Waals surface area contributed by atoms with Crippen LogP contribution < -0.4 is 5.32 Å². The predicted molar refractivity (Wildman–Crippen MR) is 64.0 cm³/mol. The van der Waals surface area contributed by atoms with E-state index in [0.717, 1.165) is 17.2 Å². The molecule has 1 rings (SSSR count). The molecule has 0 saturated heterocycles. The molecule has 1 aromatic rings. The average Bonchev–Trinajstić information content (AvgIpc) is 2.59. The van der Waals surface area contributed by atoms with Crippen molar-refractivity contribution in [1.82, 2.24) is 10.3 Å². The fraction of sp³-hybridized carbons (Fsp3) is 0.727. The Kier molecular flexibility index (Phi) is 5.22. The third-order valence-corrected chi connectivity index (χ3v) is 2.72. The molecule has 0 saturated carbocycles. The summed E-state index contributed by atoms with van der Waals surface area (Å²) in [7, 11) is 0. The Bertz CT molecular complexity index is 257. The van der Waals surface area contributed by atoms with E-state index in [2.05, 4.69) is 29.5 Å². The maximum atomic E-state index is 5.49. The van der Waals surface area contributed by atoms with Gasteiger partial charge in [0.25, 0.3) is 0 Å². The molecule has 3 nitrogen and oxygen atoms in total. The van der Waals surface area contributed by atoms with Crippen molar-refractivity contribution in [2.45, 2.75) is 53.0 Å². The summed E-state index contributed by atoms with van der Waals surface area (Å²) in [5.41, 5.74) is 1.04. The Morgan fingerprint density at radius 1 is 1.40 bits per heavy atom. The van der Waals surface area contributed by atoms with Gasteiger partial charge in [0.1, 0.15) is 5.01 Å². The SMILES string of the molecule is CC(C)NCc1nc(COC(C)C)cs1. The number of aromatic nitrogens is 1. The Hall–Kier alpha value is -0.450. The van der Waals surface area contributed by atoms with Gasteiger partial charge in [0, 0.05) is 18.0 Å². The van der Waals surface area contributed by atoms with Crippen molar-refractivity contribution >= 4 is 11.3 Å².